The summed E-state index contributed by atoms with van der Waals surface area (Å²) in [5, 5.41) is 5.68. The molecular weight excluding hydrogens is 479 g/mol. The molecule has 0 saturated heterocycles. The van der Waals surface area contributed by atoms with Crippen LogP contribution in [0.15, 0.2) is 71.7 Å². The van der Waals surface area contributed by atoms with Gasteiger partial charge in [-0.2, -0.15) is 0 Å². The van der Waals surface area contributed by atoms with Crippen molar-refractivity contribution in [3.8, 4) is 11.8 Å². The van der Waals surface area contributed by atoms with E-state index >= 15 is 4.39 Å². The molecule has 38 heavy (non-hydrogen) atoms. The van der Waals surface area contributed by atoms with Crippen LogP contribution in [-0.2, 0) is 16.1 Å². The molecular formula is C31H29FN4O2. The quantitative estimate of drug-likeness (QED) is 0.372. The molecule has 1 saturated carbocycles. The SMILES string of the molecule is CN(C)Cc1ccc(N=C(c2ccccc2)C2C(=O)Nc3cc(C#CC(=O)NC4CCC4)c(F)cc32)cc1. The van der Waals surface area contributed by atoms with Gasteiger partial charge < -0.3 is 15.5 Å². The minimum Gasteiger partial charge on any atom is -0.343 e. The molecule has 1 fully saturated rings. The van der Waals surface area contributed by atoms with Crippen molar-refractivity contribution in [2.24, 2.45) is 4.99 Å². The minimum absolute atomic E-state index is 0.0585. The van der Waals surface area contributed by atoms with Gasteiger partial charge >= 0.3 is 0 Å². The number of halogens is 1. The maximum atomic E-state index is 15.2. The largest absolute Gasteiger partial charge is 0.343 e. The highest BCUT2D eigenvalue weighted by atomic mass is 19.1. The molecule has 2 aliphatic rings. The maximum absolute atomic E-state index is 15.2. The molecule has 1 atom stereocenters. The Morgan fingerprint density at radius 2 is 1.84 bits per heavy atom. The van der Waals surface area contributed by atoms with Crippen LogP contribution in [0.1, 0.15) is 47.4 Å². The lowest BCUT2D eigenvalue weighted by molar-refractivity contribution is -0.117. The van der Waals surface area contributed by atoms with Crippen LogP contribution >= 0.6 is 0 Å². The van der Waals surface area contributed by atoms with E-state index < -0.39 is 17.6 Å². The second kappa shape index (κ2) is 11.0. The van der Waals surface area contributed by atoms with Crippen LogP contribution in [0.2, 0.25) is 0 Å². The predicted molar refractivity (Wildman–Crippen MR) is 147 cm³/mol. The van der Waals surface area contributed by atoms with Crippen LogP contribution in [0, 0.1) is 17.7 Å². The molecule has 0 spiro atoms. The fourth-order valence-electron chi connectivity index (χ4n) is 4.63. The monoisotopic (exact) mass is 508 g/mol. The van der Waals surface area contributed by atoms with Crippen molar-refractivity contribution in [1.82, 2.24) is 10.2 Å². The average molecular weight is 509 g/mol. The summed E-state index contributed by atoms with van der Waals surface area (Å²) in [5.41, 5.74) is 4.17. The molecule has 5 rings (SSSR count). The zero-order valence-corrected chi connectivity index (χ0v) is 21.4. The summed E-state index contributed by atoms with van der Waals surface area (Å²) >= 11 is 0. The van der Waals surface area contributed by atoms with Gasteiger partial charge in [-0.1, -0.05) is 48.4 Å². The van der Waals surface area contributed by atoms with Crippen molar-refractivity contribution in [2.45, 2.75) is 37.8 Å². The van der Waals surface area contributed by atoms with Gasteiger partial charge in [-0.05, 0) is 74.3 Å². The standard InChI is InChI=1S/C31H29FN4O2/c1-36(2)19-20-11-14-24(15-12-20)34-30(21-7-4-3-5-8-21)29-25-18-26(32)22(17-27(25)35-31(29)38)13-16-28(37)33-23-9-6-10-23/h3-5,7-8,11-12,14-15,17-18,23,29H,6,9-10,19H2,1-2H3,(H,33,37)(H,35,38). The Morgan fingerprint density at radius 3 is 2.50 bits per heavy atom. The number of nitrogens with zero attached hydrogens (tertiary/aromatic N) is 2. The van der Waals surface area contributed by atoms with E-state index in [2.05, 4.69) is 27.4 Å². The van der Waals surface area contributed by atoms with Crippen molar-refractivity contribution in [2.75, 3.05) is 19.4 Å². The van der Waals surface area contributed by atoms with Crippen LogP contribution in [0.5, 0.6) is 0 Å². The first-order valence-electron chi connectivity index (χ1n) is 12.7. The van der Waals surface area contributed by atoms with E-state index in [1.54, 1.807) is 0 Å². The lowest BCUT2D eigenvalue weighted by Gasteiger charge is -2.25. The van der Waals surface area contributed by atoms with E-state index in [-0.39, 0.29) is 17.5 Å². The van der Waals surface area contributed by atoms with Gasteiger partial charge in [0.2, 0.25) is 5.91 Å². The Hall–Kier alpha value is -4.28. The van der Waals surface area contributed by atoms with Gasteiger partial charge in [-0.25, -0.2) is 4.39 Å². The Balaban J connectivity index is 1.48. The zero-order chi connectivity index (χ0) is 26.6. The normalized spacial score (nSPS) is 16.8. The highest BCUT2D eigenvalue weighted by Gasteiger charge is 2.36. The summed E-state index contributed by atoms with van der Waals surface area (Å²) < 4.78 is 15.2. The van der Waals surface area contributed by atoms with E-state index in [0.717, 1.165) is 36.9 Å². The van der Waals surface area contributed by atoms with Crippen molar-refractivity contribution in [3.05, 3.63) is 94.8 Å². The molecule has 0 aromatic heterocycles. The van der Waals surface area contributed by atoms with Crippen LogP contribution in [0.25, 0.3) is 0 Å². The first kappa shape index (κ1) is 25.4. The van der Waals surface area contributed by atoms with Gasteiger partial charge in [-0.3, -0.25) is 14.6 Å². The van der Waals surface area contributed by atoms with Crippen LogP contribution in [0.3, 0.4) is 0 Å². The molecule has 192 valence electrons. The molecule has 1 heterocycles. The number of carbonyl (C=O) groups excluding carboxylic acids is 2. The fraction of sp³-hybridized carbons (Fsp3) is 0.258. The highest BCUT2D eigenvalue weighted by Crippen LogP contribution is 2.37. The number of benzene rings is 3. The summed E-state index contributed by atoms with van der Waals surface area (Å²) in [6, 6.07) is 20.3. The number of nitrogens with one attached hydrogen (secondary N) is 2. The summed E-state index contributed by atoms with van der Waals surface area (Å²) in [6.07, 6.45) is 2.98. The summed E-state index contributed by atoms with van der Waals surface area (Å²) in [6.45, 7) is 0.806. The number of anilines is 1. The van der Waals surface area contributed by atoms with Gasteiger partial charge in [0.15, 0.2) is 0 Å². The Labute approximate surface area is 222 Å². The highest BCUT2D eigenvalue weighted by molar-refractivity contribution is 6.24. The molecule has 7 heteroatoms. The Kier molecular flexibility index (Phi) is 7.34. The van der Waals surface area contributed by atoms with Crippen LogP contribution < -0.4 is 10.6 Å². The third-order valence-corrected chi connectivity index (χ3v) is 6.75. The van der Waals surface area contributed by atoms with Crippen LogP contribution in [0.4, 0.5) is 15.8 Å². The minimum atomic E-state index is -0.799. The van der Waals surface area contributed by atoms with Gasteiger partial charge in [0, 0.05) is 24.2 Å². The number of fused-ring (bicyclic) bond motifs is 1. The number of hydrogen-bond acceptors (Lipinski definition) is 4. The van der Waals surface area contributed by atoms with Crippen molar-refractivity contribution in [3.63, 3.8) is 0 Å². The molecule has 2 N–H and O–H groups in total. The molecule has 3 aromatic rings. The first-order chi connectivity index (χ1) is 18.4. The number of aliphatic imine (C=N–C) groups is 1. The number of hydrogen-bond donors (Lipinski definition) is 2. The lowest BCUT2D eigenvalue weighted by atomic mass is 9.90. The molecule has 0 bridgehead atoms. The first-order valence-corrected chi connectivity index (χ1v) is 12.7. The molecule has 6 nitrogen and oxygen atoms in total. The maximum Gasteiger partial charge on any atom is 0.296 e. The smallest absolute Gasteiger partial charge is 0.296 e. The number of amides is 2. The van der Waals surface area contributed by atoms with E-state index in [1.807, 2.05) is 68.7 Å². The van der Waals surface area contributed by atoms with Gasteiger partial charge in [0.05, 0.1) is 17.0 Å². The zero-order valence-electron chi connectivity index (χ0n) is 21.4. The summed E-state index contributed by atoms with van der Waals surface area (Å²) in [4.78, 5) is 32.3. The van der Waals surface area contributed by atoms with Gasteiger partial charge in [0.1, 0.15) is 11.7 Å². The molecule has 1 aliphatic carbocycles. The molecule has 1 unspecified atom stereocenters. The van der Waals surface area contributed by atoms with Crippen LogP contribution in [-0.4, -0.2) is 42.6 Å². The van der Waals surface area contributed by atoms with Gasteiger partial charge in [-0.15, -0.1) is 0 Å². The second-order valence-corrected chi connectivity index (χ2v) is 9.96. The van der Waals surface area contributed by atoms with E-state index in [4.69, 9.17) is 4.99 Å². The van der Waals surface area contributed by atoms with Crippen molar-refractivity contribution in [1.29, 1.82) is 0 Å². The second-order valence-electron chi connectivity index (χ2n) is 9.96. The fourth-order valence-corrected chi connectivity index (χ4v) is 4.63. The summed E-state index contributed by atoms with van der Waals surface area (Å²) in [7, 11) is 4.02. The lowest BCUT2D eigenvalue weighted by Crippen LogP contribution is -2.38. The van der Waals surface area contributed by atoms with E-state index in [1.165, 1.54) is 12.1 Å². The Bertz CT molecular complexity index is 1450. The topological polar surface area (TPSA) is 73.8 Å². The molecule has 2 amide bonds. The number of rotatable bonds is 6. The number of carbonyl (C=O) groups is 2. The molecule has 0 radical (unpaired) electrons. The summed E-state index contributed by atoms with van der Waals surface area (Å²) in [5.74, 6) is 2.99. The third-order valence-electron chi connectivity index (χ3n) is 6.75. The predicted octanol–water partition coefficient (Wildman–Crippen LogP) is 4.76. The van der Waals surface area contributed by atoms with E-state index in [9.17, 15) is 9.59 Å². The van der Waals surface area contributed by atoms with E-state index in [0.29, 0.717) is 22.6 Å². The average Bonchev–Trinajstić information content (AvgIpc) is 3.18. The van der Waals surface area contributed by atoms with Crippen molar-refractivity contribution < 1.29 is 14.0 Å². The Morgan fingerprint density at radius 1 is 1.11 bits per heavy atom. The van der Waals surface area contributed by atoms with Crippen molar-refractivity contribution >= 4 is 28.9 Å². The van der Waals surface area contributed by atoms with Gasteiger partial charge in [0.25, 0.3) is 5.91 Å². The molecule has 1 aliphatic heterocycles. The molecule has 3 aromatic carbocycles. The third kappa shape index (κ3) is 5.66.